The normalized spacial score (nSPS) is 11.8. The van der Waals surface area contributed by atoms with Crippen molar-refractivity contribution in [1.82, 2.24) is 5.32 Å². The number of amides is 1. The van der Waals surface area contributed by atoms with Crippen molar-refractivity contribution in [3.63, 3.8) is 0 Å². The van der Waals surface area contributed by atoms with Gasteiger partial charge in [0.25, 0.3) is 5.91 Å². The second kappa shape index (κ2) is 6.30. The van der Waals surface area contributed by atoms with Gasteiger partial charge >= 0.3 is 0 Å². The van der Waals surface area contributed by atoms with E-state index < -0.39 is 5.91 Å². The zero-order valence-corrected chi connectivity index (χ0v) is 11.3. The first-order valence-corrected chi connectivity index (χ1v) is 6.59. The molecule has 0 aliphatic rings. The molecule has 0 spiro atoms. The third kappa shape index (κ3) is 3.22. The van der Waals surface area contributed by atoms with Crippen LogP contribution >= 0.6 is 11.6 Å². The van der Waals surface area contributed by atoms with E-state index >= 15 is 0 Å². The van der Waals surface area contributed by atoms with Gasteiger partial charge < -0.3 is 15.5 Å². The molecule has 0 fully saturated rings. The number of carbonyl (C=O) groups is 1. The number of benzene rings is 2. The fraction of sp³-hybridized carbons (Fsp3) is 0.133. The molecular weight excluding hydrogens is 278 g/mol. The maximum Gasteiger partial charge on any atom is 0.255 e. The fourth-order valence-electron chi connectivity index (χ4n) is 1.84. The Morgan fingerprint density at radius 2 is 1.85 bits per heavy atom. The summed E-state index contributed by atoms with van der Waals surface area (Å²) in [7, 11) is 0. The van der Waals surface area contributed by atoms with Gasteiger partial charge in [0.2, 0.25) is 0 Å². The predicted molar refractivity (Wildman–Crippen MR) is 77.1 cm³/mol. The SMILES string of the molecule is O=C(NC(CCl)c1ccccc1)c1cc(O)ccc1O. The lowest BCUT2D eigenvalue weighted by atomic mass is 10.1. The zero-order chi connectivity index (χ0) is 14.5. The minimum atomic E-state index is -0.493. The number of carbonyl (C=O) groups excluding carboxylic acids is 1. The molecule has 0 aromatic heterocycles. The highest BCUT2D eigenvalue weighted by atomic mass is 35.5. The van der Waals surface area contributed by atoms with Crippen LogP contribution in [0.5, 0.6) is 11.5 Å². The van der Waals surface area contributed by atoms with Crippen LogP contribution in [-0.2, 0) is 0 Å². The molecule has 1 amide bonds. The van der Waals surface area contributed by atoms with Crippen LogP contribution < -0.4 is 5.32 Å². The van der Waals surface area contributed by atoms with E-state index in [0.29, 0.717) is 0 Å². The lowest BCUT2D eigenvalue weighted by Crippen LogP contribution is -2.29. The molecule has 1 atom stereocenters. The maximum atomic E-state index is 12.1. The lowest BCUT2D eigenvalue weighted by molar-refractivity contribution is 0.0937. The number of alkyl halides is 1. The number of halogens is 1. The van der Waals surface area contributed by atoms with Gasteiger partial charge in [0.05, 0.1) is 11.6 Å². The molecule has 5 heteroatoms. The monoisotopic (exact) mass is 291 g/mol. The molecule has 3 N–H and O–H groups in total. The summed E-state index contributed by atoms with van der Waals surface area (Å²) in [6.07, 6.45) is 0. The van der Waals surface area contributed by atoms with Gasteiger partial charge in [0, 0.05) is 5.88 Å². The largest absolute Gasteiger partial charge is 0.508 e. The highest BCUT2D eigenvalue weighted by molar-refractivity contribution is 6.18. The summed E-state index contributed by atoms with van der Waals surface area (Å²) < 4.78 is 0. The molecular formula is C15H14ClNO3. The molecule has 0 saturated carbocycles. The Balaban J connectivity index is 2.20. The van der Waals surface area contributed by atoms with Crippen LogP contribution in [0.2, 0.25) is 0 Å². The highest BCUT2D eigenvalue weighted by Crippen LogP contribution is 2.23. The summed E-state index contributed by atoms with van der Waals surface area (Å²) >= 11 is 5.88. The molecule has 2 rings (SSSR count). The molecule has 4 nitrogen and oxygen atoms in total. The van der Waals surface area contributed by atoms with E-state index in [-0.39, 0.29) is 29.0 Å². The number of phenols is 2. The van der Waals surface area contributed by atoms with E-state index in [1.165, 1.54) is 18.2 Å². The number of nitrogens with one attached hydrogen (secondary N) is 1. The summed E-state index contributed by atoms with van der Waals surface area (Å²) in [6.45, 7) is 0. The van der Waals surface area contributed by atoms with Crippen LogP contribution in [0.3, 0.4) is 0 Å². The summed E-state index contributed by atoms with van der Waals surface area (Å²) in [6, 6.07) is 12.7. The summed E-state index contributed by atoms with van der Waals surface area (Å²) in [5.74, 6) is -0.570. The molecule has 2 aromatic rings. The van der Waals surface area contributed by atoms with Gasteiger partial charge in [-0.3, -0.25) is 4.79 Å². The van der Waals surface area contributed by atoms with Gasteiger partial charge in [0.1, 0.15) is 11.5 Å². The highest BCUT2D eigenvalue weighted by Gasteiger charge is 2.17. The van der Waals surface area contributed by atoms with Gasteiger partial charge in [-0.25, -0.2) is 0 Å². The molecule has 1 unspecified atom stereocenters. The van der Waals surface area contributed by atoms with Crippen molar-refractivity contribution in [2.75, 3.05) is 5.88 Å². The first-order valence-electron chi connectivity index (χ1n) is 6.05. The Morgan fingerprint density at radius 1 is 1.15 bits per heavy atom. The second-order valence-corrected chi connectivity index (χ2v) is 4.60. The number of phenolic OH excluding ortho intramolecular Hbond substituents is 2. The van der Waals surface area contributed by atoms with E-state index in [0.717, 1.165) is 5.56 Å². The topological polar surface area (TPSA) is 69.6 Å². The zero-order valence-electron chi connectivity index (χ0n) is 10.6. The number of hydrogen-bond acceptors (Lipinski definition) is 3. The minimum absolute atomic E-state index is 0.0102. The third-order valence-electron chi connectivity index (χ3n) is 2.89. The minimum Gasteiger partial charge on any atom is -0.508 e. The van der Waals surface area contributed by atoms with Crippen LogP contribution in [0.15, 0.2) is 48.5 Å². The Bertz CT molecular complexity index is 601. The Hall–Kier alpha value is -2.20. The van der Waals surface area contributed by atoms with E-state index in [4.69, 9.17) is 11.6 Å². The quantitative estimate of drug-likeness (QED) is 0.599. The van der Waals surface area contributed by atoms with Gasteiger partial charge in [0.15, 0.2) is 0 Å². The lowest BCUT2D eigenvalue weighted by Gasteiger charge is -2.17. The molecule has 0 aliphatic heterocycles. The van der Waals surface area contributed by atoms with Crippen molar-refractivity contribution in [2.24, 2.45) is 0 Å². The van der Waals surface area contributed by atoms with E-state index in [9.17, 15) is 15.0 Å². The number of rotatable bonds is 4. The van der Waals surface area contributed by atoms with Crippen molar-refractivity contribution in [1.29, 1.82) is 0 Å². The summed E-state index contributed by atoms with van der Waals surface area (Å²) in [5, 5.41) is 21.8. The third-order valence-corrected chi connectivity index (χ3v) is 3.19. The molecule has 0 radical (unpaired) electrons. The number of hydrogen-bond donors (Lipinski definition) is 3. The molecule has 0 heterocycles. The van der Waals surface area contributed by atoms with Gasteiger partial charge in [-0.2, -0.15) is 0 Å². The molecule has 0 bridgehead atoms. The predicted octanol–water partition coefficient (Wildman–Crippen LogP) is 2.81. The molecule has 2 aromatic carbocycles. The fourth-order valence-corrected chi connectivity index (χ4v) is 2.09. The maximum absolute atomic E-state index is 12.1. The van der Waals surface area contributed by atoms with Crippen molar-refractivity contribution in [2.45, 2.75) is 6.04 Å². The summed E-state index contributed by atoms with van der Waals surface area (Å²) in [4.78, 5) is 12.1. The molecule has 0 saturated heterocycles. The van der Waals surface area contributed by atoms with Gasteiger partial charge in [-0.15, -0.1) is 11.6 Å². The van der Waals surface area contributed by atoms with Crippen LogP contribution in [0.25, 0.3) is 0 Å². The average Bonchev–Trinajstić information content (AvgIpc) is 2.48. The smallest absolute Gasteiger partial charge is 0.255 e. The summed E-state index contributed by atoms with van der Waals surface area (Å²) in [5.41, 5.74) is 0.881. The van der Waals surface area contributed by atoms with Crippen LogP contribution in [-0.4, -0.2) is 22.0 Å². The van der Waals surface area contributed by atoms with E-state index in [1.807, 2.05) is 30.3 Å². The standard InChI is InChI=1S/C15H14ClNO3/c16-9-13(10-4-2-1-3-5-10)17-15(20)12-8-11(18)6-7-14(12)19/h1-8,13,18-19H,9H2,(H,17,20). The second-order valence-electron chi connectivity index (χ2n) is 4.29. The van der Waals surface area contributed by atoms with Crippen molar-refractivity contribution < 1.29 is 15.0 Å². The first kappa shape index (κ1) is 14.2. The van der Waals surface area contributed by atoms with Crippen molar-refractivity contribution >= 4 is 17.5 Å². The first-order chi connectivity index (χ1) is 9.61. The van der Waals surface area contributed by atoms with Crippen LogP contribution in [0.1, 0.15) is 22.0 Å². The van der Waals surface area contributed by atoms with E-state index in [2.05, 4.69) is 5.32 Å². The van der Waals surface area contributed by atoms with Gasteiger partial charge in [-0.05, 0) is 23.8 Å². The van der Waals surface area contributed by atoms with Crippen molar-refractivity contribution in [3.8, 4) is 11.5 Å². The van der Waals surface area contributed by atoms with Crippen LogP contribution in [0, 0.1) is 0 Å². The average molecular weight is 292 g/mol. The number of aromatic hydroxyl groups is 2. The Morgan fingerprint density at radius 3 is 2.50 bits per heavy atom. The van der Waals surface area contributed by atoms with E-state index in [1.54, 1.807) is 0 Å². The van der Waals surface area contributed by atoms with Crippen molar-refractivity contribution in [3.05, 3.63) is 59.7 Å². The Labute approximate surface area is 121 Å². The molecule has 104 valence electrons. The Kier molecular flexibility index (Phi) is 4.48. The van der Waals surface area contributed by atoms with Crippen LogP contribution in [0.4, 0.5) is 0 Å². The molecule has 20 heavy (non-hydrogen) atoms. The molecule has 0 aliphatic carbocycles. The van der Waals surface area contributed by atoms with Gasteiger partial charge in [-0.1, -0.05) is 30.3 Å².